The number of hydrogen-bond donors (Lipinski definition) is 2. The molecule has 0 atom stereocenters. The molecule has 0 fully saturated rings. The number of hydrogen-bond acceptors (Lipinski definition) is 4. The summed E-state index contributed by atoms with van der Waals surface area (Å²) in [4.78, 5) is 13.1. The van der Waals surface area contributed by atoms with Crippen LogP contribution in [0.5, 0.6) is 5.75 Å². The molecule has 1 amide bonds. The summed E-state index contributed by atoms with van der Waals surface area (Å²) in [6.45, 7) is 6.52. The van der Waals surface area contributed by atoms with Gasteiger partial charge in [0.25, 0.3) is 15.9 Å². The van der Waals surface area contributed by atoms with Gasteiger partial charge >= 0.3 is 0 Å². The van der Waals surface area contributed by atoms with Gasteiger partial charge in [-0.25, -0.2) is 8.42 Å². The third-order valence-electron chi connectivity index (χ3n) is 5.34. The first kappa shape index (κ1) is 26.8. The molecule has 0 saturated carbocycles. The minimum atomic E-state index is -3.76. The monoisotopic (exact) mass is 558 g/mol. The first-order valence-electron chi connectivity index (χ1n) is 11.6. The molecule has 0 radical (unpaired) electrons. The van der Waals surface area contributed by atoms with Gasteiger partial charge in [-0.05, 0) is 86.0 Å². The van der Waals surface area contributed by atoms with Crippen molar-refractivity contribution in [2.45, 2.75) is 51.3 Å². The lowest BCUT2D eigenvalue weighted by Crippen LogP contribution is -2.15. The summed E-state index contributed by atoms with van der Waals surface area (Å²) in [5, 5.41) is 2.82. The molecule has 0 heterocycles. The number of halogens is 1. The Labute approximate surface area is 216 Å². The van der Waals surface area contributed by atoms with E-state index in [0.717, 1.165) is 41.3 Å². The number of anilines is 2. The third kappa shape index (κ3) is 7.83. The zero-order valence-electron chi connectivity index (χ0n) is 20.2. The lowest BCUT2D eigenvalue weighted by Gasteiger charge is -2.13. The van der Waals surface area contributed by atoms with E-state index in [4.69, 9.17) is 4.74 Å². The maximum absolute atomic E-state index is 13.0. The van der Waals surface area contributed by atoms with Crippen LogP contribution in [0.3, 0.4) is 0 Å². The number of amides is 1. The highest BCUT2D eigenvalue weighted by atomic mass is 79.9. The predicted molar refractivity (Wildman–Crippen MR) is 145 cm³/mol. The molecular weight excluding hydrogens is 528 g/mol. The molecule has 186 valence electrons. The van der Waals surface area contributed by atoms with Crippen molar-refractivity contribution in [3.8, 4) is 5.75 Å². The van der Waals surface area contributed by atoms with Gasteiger partial charge in [0.15, 0.2) is 0 Å². The van der Waals surface area contributed by atoms with Gasteiger partial charge in [0.2, 0.25) is 0 Å². The Kier molecular flexibility index (Phi) is 9.34. The van der Waals surface area contributed by atoms with Crippen LogP contribution in [0.1, 0.15) is 54.1 Å². The van der Waals surface area contributed by atoms with Crippen LogP contribution in [0.15, 0.2) is 70.0 Å². The Balaban J connectivity index is 1.69. The number of benzene rings is 3. The van der Waals surface area contributed by atoms with Crippen LogP contribution < -0.4 is 14.8 Å². The van der Waals surface area contributed by atoms with Gasteiger partial charge in [-0.1, -0.05) is 48.2 Å². The maximum Gasteiger partial charge on any atom is 0.261 e. The van der Waals surface area contributed by atoms with E-state index in [0.29, 0.717) is 29.3 Å². The lowest BCUT2D eigenvalue weighted by atomic mass is 10.1. The molecule has 6 nitrogen and oxygen atoms in total. The molecule has 0 spiro atoms. The zero-order valence-corrected chi connectivity index (χ0v) is 22.6. The Morgan fingerprint density at radius 2 is 1.57 bits per heavy atom. The molecule has 0 bridgehead atoms. The number of unbranched alkanes of at least 4 members (excludes halogenated alkanes) is 3. The van der Waals surface area contributed by atoms with Gasteiger partial charge < -0.3 is 10.1 Å². The minimum Gasteiger partial charge on any atom is -0.493 e. The number of sulfonamides is 1. The Morgan fingerprint density at radius 3 is 2.23 bits per heavy atom. The fraction of sp³-hybridized carbons (Fsp3) is 0.296. The average Bonchev–Trinajstić information content (AvgIpc) is 2.79. The van der Waals surface area contributed by atoms with Crippen LogP contribution in [0.2, 0.25) is 0 Å². The van der Waals surface area contributed by atoms with Gasteiger partial charge in [-0.3, -0.25) is 9.52 Å². The van der Waals surface area contributed by atoms with Crippen molar-refractivity contribution in [3.05, 3.63) is 81.8 Å². The highest BCUT2D eigenvalue weighted by molar-refractivity contribution is 9.10. The number of carbonyl (C=O) groups excluding carboxylic acids is 1. The quantitative estimate of drug-likeness (QED) is 0.246. The van der Waals surface area contributed by atoms with E-state index in [-0.39, 0.29) is 10.8 Å². The molecular formula is C27H31BrN2O4S. The smallest absolute Gasteiger partial charge is 0.261 e. The Bertz CT molecular complexity index is 1250. The summed E-state index contributed by atoms with van der Waals surface area (Å²) < 4.78 is 34.9. The highest BCUT2D eigenvalue weighted by Gasteiger charge is 2.17. The second kappa shape index (κ2) is 12.2. The topological polar surface area (TPSA) is 84.5 Å². The molecule has 8 heteroatoms. The molecule has 3 aromatic carbocycles. The zero-order chi connectivity index (χ0) is 25.4. The van der Waals surface area contributed by atoms with E-state index in [1.165, 1.54) is 12.1 Å². The Hall–Kier alpha value is -2.84. The van der Waals surface area contributed by atoms with E-state index in [9.17, 15) is 13.2 Å². The van der Waals surface area contributed by atoms with Crippen molar-refractivity contribution in [2.24, 2.45) is 0 Å². The summed E-state index contributed by atoms with van der Waals surface area (Å²) in [5.41, 5.74) is 3.34. The van der Waals surface area contributed by atoms with Crippen molar-refractivity contribution in [1.82, 2.24) is 0 Å². The van der Waals surface area contributed by atoms with Crippen LogP contribution in [-0.2, 0) is 10.0 Å². The number of rotatable bonds is 11. The van der Waals surface area contributed by atoms with E-state index >= 15 is 0 Å². The minimum absolute atomic E-state index is 0.105. The predicted octanol–water partition coefficient (Wildman–Crippen LogP) is 7.08. The van der Waals surface area contributed by atoms with Crippen molar-refractivity contribution < 1.29 is 17.9 Å². The fourth-order valence-corrected chi connectivity index (χ4v) is 5.08. The molecule has 35 heavy (non-hydrogen) atoms. The molecule has 0 unspecified atom stereocenters. The average molecular weight is 560 g/mol. The van der Waals surface area contributed by atoms with Crippen LogP contribution in [0.4, 0.5) is 11.4 Å². The largest absolute Gasteiger partial charge is 0.493 e. The summed E-state index contributed by atoms with van der Waals surface area (Å²) in [6.07, 6.45) is 4.32. The molecule has 0 aliphatic carbocycles. The van der Waals surface area contributed by atoms with E-state index < -0.39 is 10.0 Å². The van der Waals surface area contributed by atoms with Crippen LogP contribution in [0.25, 0.3) is 0 Å². The van der Waals surface area contributed by atoms with E-state index in [2.05, 4.69) is 32.9 Å². The van der Waals surface area contributed by atoms with Crippen molar-refractivity contribution in [2.75, 3.05) is 16.6 Å². The van der Waals surface area contributed by atoms with Crippen LogP contribution in [0, 0.1) is 13.8 Å². The molecule has 0 aliphatic heterocycles. The Morgan fingerprint density at radius 1 is 0.886 bits per heavy atom. The standard InChI is InChI=1S/C27H31BrN2O4S/c1-4-5-6-7-14-34-26-13-8-21(28)18-25(26)27(31)29-22-9-11-24(12-10-22)35(32,33)30-23-16-19(2)15-20(3)17-23/h8-13,15-18,30H,4-7,14H2,1-3H3,(H,29,31). The number of nitrogens with one attached hydrogen (secondary N) is 2. The second-order valence-electron chi connectivity index (χ2n) is 8.51. The summed E-state index contributed by atoms with van der Waals surface area (Å²) in [7, 11) is -3.76. The molecule has 3 aromatic rings. The van der Waals surface area contributed by atoms with Crippen molar-refractivity contribution in [3.63, 3.8) is 0 Å². The third-order valence-corrected chi connectivity index (χ3v) is 7.23. The SMILES string of the molecule is CCCCCCOc1ccc(Br)cc1C(=O)Nc1ccc(S(=O)(=O)Nc2cc(C)cc(C)c2)cc1. The molecule has 0 saturated heterocycles. The first-order chi connectivity index (χ1) is 16.7. The number of carbonyl (C=O) groups is 1. The summed E-state index contributed by atoms with van der Waals surface area (Å²) in [5.74, 6) is 0.179. The van der Waals surface area contributed by atoms with Crippen LogP contribution >= 0.6 is 15.9 Å². The summed E-state index contributed by atoms with van der Waals surface area (Å²) in [6, 6.07) is 16.9. The maximum atomic E-state index is 13.0. The normalized spacial score (nSPS) is 11.2. The highest BCUT2D eigenvalue weighted by Crippen LogP contribution is 2.26. The van der Waals surface area contributed by atoms with Crippen LogP contribution in [-0.4, -0.2) is 20.9 Å². The molecule has 3 rings (SSSR count). The lowest BCUT2D eigenvalue weighted by molar-refractivity contribution is 0.102. The fourth-order valence-electron chi connectivity index (χ4n) is 3.68. The van der Waals surface area contributed by atoms with Crippen molar-refractivity contribution >= 4 is 43.2 Å². The van der Waals surface area contributed by atoms with Crippen molar-refractivity contribution in [1.29, 1.82) is 0 Å². The molecule has 0 aliphatic rings. The van der Waals surface area contributed by atoms with Gasteiger partial charge in [-0.2, -0.15) is 0 Å². The van der Waals surface area contributed by atoms with Gasteiger partial charge in [0.1, 0.15) is 5.75 Å². The van der Waals surface area contributed by atoms with Gasteiger partial charge in [-0.15, -0.1) is 0 Å². The van der Waals surface area contributed by atoms with E-state index in [1.807, 2.05) is 26.0 Å². The second-order valence-corrected chi connectivity index (χ2v) is 11.1. The summed E-state index contributed by atoms with van der Waals surface area (Å²) >= 11 is 3.41. The van der Waals surface area contributed by atoms with E-state index in [1.54, 1.807) is 36.4 Å². The van der Waals surface area contributed by atoms with Gasteiger partial charge in [0.05, 0.1) is 17.1 Å². The molecule has 0 aromatic heterocycles. The molecule has 2 N–H and O–H groups in total. The van der Waals surface area contributed by atoms with Gasteiger partial charge in [0, 0.05) is 15.8 Å². The first-order valence-corrected chi connectivity index (χ1v) is 13.9. The number of ether oxygens (including phenoxy) is 1. The number of aryl methyl sites for hydroxylation is 2.